The molecule has 0 aromatic heterocycles. The van der Waals surface area contributed by atoms with Gasteiger partial charge in [0.25, 0.3) is 0 Å². The first-order valence-corrected chi connectivity index (χ1v) is 6.76. The predicted octanol–water partition coefficient (Wildman–Crippen LogP) is 3.46. The summed E-state index contributed by atoms with van der Waals surface area (Å²) in [7, 11) is 0. The highest BCUT2D eigenvalue weighted by Gasteiger charge is 2.20. The molecule has 1 nitrogen and oxygen atoms in total. The molecule has 86 valence electrons. The molecule has 2 rings (SSSR count). The topological polar surface area (TPSA) is 3.24 Å². The van der Waals surface area contributed by atoms with E-state index in [0.29, 0.717) is 0 Å². The van der Waals surface area contributed by atoms with Crippen LogP contribution in [0.5, 0.6) is 0 Å². The number of rotatable bonds is 3. The lowest BCUT2D eigenvalue weighted by molar-refractivity contribution is 0.155. The molecule has 0 bridgehead atoms. The summed E-state index contributed by atoms with van der Waals surface area (Å²) in [6.07, 6.45) is 13.1. The van der Waals surface area contributed by atoms with Crippen LogP contribution in [0.15, 0.2) is 12.2 Å². The van der Waals surface area contributed by atoms with E-state index in [4.69, 9.17) is 0 Å². The molecule has 1 saturated heterocycles. The maximum absolute atomic E-state index is 2.70. The van der Waals surface area contributed by atoms with E-state index in [0.717, 1.165) is 11.8 Å². The Morgan fingerprint density at radius 1 is 1.07 bits per heavy atom. The van der Waals surface area contributed by atoms with Crippen LogP contribution in [-0.4, -0.2) is 24.5 Å². The van der Waals surface area contributed by atoms with E-state index >= 15 is 0 Å². The van der Waals surface area contributed by atoms with Gasteiger partial charge in [0.05, 0.1) is 0 Å². The maximum atomic E-state index is 2.70. The van der Waals surface area contributed by atoms with Gasteiger partial charge in [-0.25, -0.2) is 0 Å². The SMILES string of the molecule is CCC1CCN(CC2CC=CCC2)CC1. The standard InChI is InChI=1S/C14H25N/c1-2-13-8-10-15(11-9-13)12-14-6-4-3-5-7-14/h3-4,13-14H,2,5-12H2,1H3. The Balaban J connectivity index is 1.69. The Labute approximate surface area is 94.5 Å². The molecule has 1 aliphatic carbocycles. The minimum absolute atomic E-state index is 0.952. The van der Waals surface area contributed by atoms with Gasteiger partial charge in [-0.15, -0.1) is 0 Å². The minimum Gasteiger partial charge on any atom is -0.303 e. The molecule has 1 heterocycles. The van der Waals surface area contributed by atoms with Crippen molar-refractivity contribution < 1.29 is 0 Å². The zero-order valence-electron chi connectivity index (χ0n) is 10.1. The Kier molecular flexibility index (Phi) is 4.25. The molecule has 0 radical (unpaired) electrons. The summed E-state index contributed by atoms with van der Waals surface area (Å²) < 4.78 is 0. The average Bonchev–Trinajstić information content (AvgIpc) is 2.31. The molecular formula is C14H25N. The van der Waals surface area contributed by atoms with Crippen LogP contribution in [0.25, 0.3) is 0 Å². The maximum Gasteiger partial charge on any atom is 0.00127 e. The molecule has 0 aromatic carbocycles. The van der Waals surface area contributed by atoms with Gasteiger partial charge in [0, 0.05) is 6.54 Å². The zero-order valence-corrected chi connectivity index (χ0v) is 10.1. The number of allylic oxidation sites excluding steroid dienone is 2. The Morgan fingerprint density at radius 3 is 2.47 bits per heavy atom. The molecule has 1 aliphatic heterocycles. The van der Waals surface area contributed by atoms with Crippen LogP contribution < -0.4 is 0 Å². The number of hydrogen-bond acceptors (Lipinski definition) is 1. The van der Waals surface area contributed by atoms with Crippen molar-refractivity contribution in [2.45, 2.75) is 45.4 Å². The van der Waals surface area contributed by atoms with Crippen molar-refractivity contribution in [3.8, 4) is 0 Å². The van der Waals surface area contributed by atoms with Crippen LogP contribution in [0.4, 0.5) is 0 Å². The number of piperidine rings is 1. The van der Waals surface area contributed by atoms with Gasteiger partial charge in [-0.3, -0.25) is 0 Å². The summed E-state index contributed by atoms with van der Waals surface area (Å²) >= 11 is 0. The third-order valence-corrected chi connectivity index (χ3v) is 4.18. The zero-order chi connectivity index (χ0) is 10.5. The molecule has 0 aromatic rings. The quantitative estimate of drug-likeness (QED) is 0.641. The molecule has 0 spiro atoms. The van der Waals surface area contributed by atoms with Crippen LogP contribution >= 0.6 is 0 Å². The van der Waals surface area contributed by atoms with Gasteiger partial charge in [-0.2, -0.15) is 0 Å². The molecule has 2 aliphatic rings. The van der Waals surface area contributed by atoms with Gasteiger partial charge in [-0.05, 0) is 57.0 Å². The molecular weight excluding hydrogens is 182 g/mol. The monoisotopic (exact) mass is 207 g/mol. The number of likely N-dealkylation sites (tertiary alicyclic amines) is 1. The first-order chi connectivity index (χ1) is 7.38. The fourth-order valence-electron chi connectivity index (χ4n) is 2.96. The molecule has 0 amide bonds. The second-order valence-corrected chi connectivity index (χ2v) is 5.30. The van der Waals surface area contributed by atoms with Crippen molar-refractivity contribution in [1.29, 1.82) is 0 Å². The van der Waals surface area contributed by atoms with Crippen molar-refractivity contribution in [3.63, 3.8) is 0 Å². The Hall–Kier alpha value is -0.300. The predicted molar refractivity (Wildman–Crippen MR) is 65.9 cm³/mol. The van der Waals surface area contributed by atoms with E-state index in [1.54, 1.807) is 0 Å². The summed E-state index contributed by atoms with van der Waals surface area (Å²) in [5, 5.41) is 0. The third kappa shape index (κ3) is 3.34. The van der Waals surface area contributed by atoms with E-state index < -0.39 is 0 Å². The van der Waals surface area contributed by atoms with Crippen molar-refractivity contribution in [2.75, 3.05) is 19.6 Å². The van der Waals surface area contributed by atoms with Gasteiger partial charge in [-0.1, -0.05) is 25.5 Å². The molecule has 1 heteroatoms. The molecule has 1 unspecified atom stereocenters. The van der Waals surface area contributed by atoms with Crippen molar-refractivity contribution in [3.05, 3.63) is 12.2 Å². The van der Waals surface area contributed by atoms with E-state index in [1.807, 2.05) is 0 Å². The number of nitrogens with zero attached hydrogens (tertiary/aromatic N) is 1. The van der Waals surface area contributed by atoms with Gasteiger partial charge < -0.3 is 4.90 Å². The lowest BCUT2D eigenvalue weighted by Crippen LogP contribution is -2.37. The summed E-state index contributed by atoms with van der Waals surface area (Å²) in [5.74, 6) is 1.97. The smallest absolute Gasteiger partial charge is 0.00127 e. The summed E-state index contributed by atoms with van der Waals surface area (Å²) in [4.78, 5) is 2.70. The normalized spacial score (nSPS) is 29.5. The highest BCUT2D eigenvalue weighted by molar-refractivity contribution is 4.91. The summed E-state index contributed by atoms with van der Waals surface area (Å²) in [5.41, 5.74) is 0. The van der Waals surface area contributed by atoms with E-state index in [-0.39, 0.29) is 0 Å². The molecule has 0 saturated carbocycles. The Morgan fingerprint density at radius 2 is 1.87 bits per heavy atom. The van der Waals surface area contributed by atoms with Gasteiger partial charge >= 0.3 is 0 Å². The highest BCUT2D eigenvalue weighted by atomic mass is 15.1. The first-order valence-electron chi connectivity index (χ1n) is 6.76. The lowest BCUT2D eigenvalue weighted by Gasteiger charge is -2.34. The average molecular weight is 207 g/mol. The van der Waals surface area contributed by atoms with Crippen molar-refractivity contribution >= 4 is 0 Å². The molecule has 15 heavy (non-hydrogen) atoms. The van der Waals surface area contributed by atoms with Crippen LogP contribution in [-0.2, 0) is 0 Å². The highest BCUT2D eigenvalue weighted by Crippen LogP contribution is 2.24. The second kappa shape index (κ2) is 5.69. The largest absolute Gasteiger partial charge is 0.303 e. The van der Waals surface area contributed by atoms with Gasteiger partial charge in [0.2, 0.25) is 0 Å². The second-order valence-electron chi connectivity index (χ2n) is 5.30. The minimum atomic E-state index is 0.952. The Bertz CT molecular complexity index is 201. The van der Waals surface area contributed by atoms with Crippen LogP contribution in [0.2, 0.25) is 0 Å². The molecule has 1 fully saturated rings. The van der Waals surface area contributed by atoms with Crippen LogP contribution in [0.1, 0.15) is 45.4 Å². The summed E-state index contributed by atoms with van der Waals surface area (Å²) in [6.45, 7) is 6.42. The van der Waals surface area contributed by atoms with Crippen LogP contribution in [0.3, 0.4) is 0 Å². The molecule has 1 atom stereocenters. The fourth-order valence-corrected chi connectivity index (χ4v) is 2.96. The molecule has 0 N–H and O–H groups in total. The summed E-state index contributed by atoms with van der Waals surface area (Å²) in [6, 6.07) is 0. The van der Waals surface area contributed by atoms with E-state index in [1.165, 1.54) is 58.2 Å². The van der Waals surface area contributed by atoms with Gasteiger partial charge in [0.1, 0.15) is 0 Å². The van der Waals surface area contributed by atoms with E-state index in [9.17, 15) is 0 Å². The first kappa shape index (κ1) is 11.2. The van der Waals surface area contributed by atoms with E-state index in [2.05, 4.69) is 24.0 Å². The van der Waals surface area contributed by atoms with Crippen molar-refractivity contribution in [2.24, 2.45) is 11.8 Å². The number of hydrogen-bond donors (Lipinski definition) is 0. The van der Waals surface area contributed by atoms with Crippen molar-refractivity contribution in [1.82, 2.24) is 4.90 Å². The van der Waals surface area contributed by atoms with Gasteiger partial charge in [0.15, 0.2) is 0 Å². The third-order valence-electron chi connectivity index (χ3n) is 4.18. The fraction of sp³-hybridized carbons (Fsp3) is 0.857. The lowest BCUT2D eigenvalue weighted by atomic mass is 9.91. The van der Waals surface area contributed by atoms with Crippen LogP contribution in [0, 0.1) is 11.8 Å².